The summed E-state index contributed by atoms with van der Waals surface area (Å²) in [7, 11) is 4.85. The van der Waals surface area contributed by atoms with Crippen LogP contribution in [0.2, 0.25) is 0 Å². The standard InChI is InChI=1S/C25H32N6O3/c1-27-24(32)31-11-9-25(10-12-31,17-7-5-4-6-8-17)16-28-15-22-29-19-14-21(34-3)20(33-2)13-18(19)23(26)30-22/h4-8,13-14,28H,9-12,15-16H2,1-3H3,(H,27,32)(H2,26,29,30). The number of anilines is 1. The Bertz CT molecular complexity index is 1150. The zero-order valence-corrected chi connectivity index (χ0v) is 19.9. The molecule has 2 heterocycles. The van der Waals surface area contributed by atoms with Crippen molar-refractivity contribution in [3.8, 4) is 11.5 Å². The third kappa shape index (κ3) is 4.70. The Kier molecular flexibility index (Phi) is 7.02. The molecule has 3 aromatic rings. The molecule has 0 bridgehead atoms. The molecule has 4 N–H and O–H groups in total. The lowest BCUT2D eigenvalue weighted by Gasteiger charge is -2.42. The SMILES string of the molecule is CNC(=O)N1CCC(CNCc2nc(N)c3cc(OC)c(OC)cc3n2)(c2ccccc2)CC1. The first kappa shape index (κ1) is 23.6. The van der Waals surface area contributed by atoms with Gasteiger partial charge >= 0.3 is 6.03 Å². The molecule has 9 nitrogen and oxygen atoms in total. The van der Waals surface area contributed by atoms with Crippen molar-refractivity contribution in [2.45, 2.75) is 24.8 Å². The Hall–Kier alpha value is -3.59. The van der Waals surface area contributed by atoms with E-state index >= 15 is 0 Å². The molecule has 9 heteroatoms. The molecule has 1 saturated heterocycles. The Labute approximate surface area is 199 Å². The number of ether oxygens (including phenoxy) is 2. The van der Waals surface area contributed by atoms with E-state index in [1.54, 1.807) is 27.3 Å². The second-order valence-corrected chi connectivity index (χ2v) is 8.54. The molecule has 180 valence electrons. The number of fused-ring (bicyclic) bond motifs is 1. The molecule has 2 amide bonds. The smallest absolute Gasteiger partial charge is 0.317 e. The van der Waals surface area contributed by atoms with E-state index in [4.69, 9.17) is 20.2 Å². The number of aromatic nitrogens is 2. The van der Waals surface area contributed by atoms with Crippen LogP contribution >= 0.6 is 0 Å². The van der Waals surface area contributed by atoms with Crippen LogP contribution in [0.5, 0.6) is 11.5 Å². The van der Waals surface area contributed by atoms with E-state index in [-0.39, 0.29) is 11.4 Å². The molecule has 1 aliphatic heterocycles. The number of carbonyl (C=O) groups is 1. The number of hydrogen-bond acceptors (Lipinski definition) is 7. The summed E-state index contributed by atoms with van der Waals surface area (Å²) >= 11 is 0. The molecule has 0 atom stereocenters. The first-order valence-electron chi connectivity index (χ1n) is 11.4. The van der Waals surface area contributed by atoms with Crippen LogP contribution in [0.3, 0.4) is 0 Å². The highest BCUT2D eigenvalue weighted by Gasteiger charge is 2.37. The van der Waals surface area contributed by atoms with Crippen molar-refractivity contribution in [1.82, 2.24) is 25.5 Å². The summed E-state index contributed by atoms with van der Waals surface area (Å²) in [6.07, 6.45) is 1.74. The second kappa shape index (κ2) is 10.1. The molecular formula is C25H32N6O3. The average molecular weight is 465 g/mol. The molecule has 0 radical (unpaired) electrons. The van der Waals surface area contributed by atoms with Gasteiger partial charge in [-0.3, -0.25) is 0 Å². The maximum absolute atomic E-state index is 12.1. The number of carbonyl (C=O) groups excluding carboxylic acids is 1. The fraction of sp³-hybridized carbons (Fsp3) is 0.400. The number of nitrogen functional groups attached to an aromatic ring is 1. The number of rotatable bonds is 7. The van der Waals surface area contributed by atoms with Crippen LogP contribution in [0.25, 0.3) is 10.9 Å². The highest BCUT2D eigenvalue weighted by molar-refractivity contribution is 5.90. The Morgan fingerprint density at radius 1 is 1.09 bits per heavy atom. The summed E-state index contributed by atoms with van der Waals surface area (Å²) in [5.74, 6) is 2.20. The lowest BCUT2D eigenvalue weighted by Crippen LogP contribution is -2.51. The number of amides is 2. The van der Waals surface area contributed by atoms with Gasteiger partial charge in [-0.05, 0) is 24.5 Å². The number of likely N-dealkylation sites (tertiary alicyclic amines) is 1. The van der Waals surface area contributed by atoms with Crippen molar-refractivity contribution >= 4 is 22.8 Å². The first-order chi connectivity index (χ1) is 16.5. The first-order valence-corrected chi connectivity index (χ1v) is 11.4. The molecule has 1 aliphatic rings. The van der Waals surface area contributed by atoms with Crippen molar-refractivity contribution in [3.05, 3.63) is 53.9 Å². The van der Waals surface area contributed by atoms with Crippen LogP contribution in [0.4, 0.5) is 10.6 Å². The Morgan fingerprint density at radius 3 is 2.41 bits per heavy atom. The summed E-state index contributed by atoms with van der Waals surface area (Å²) in [5, 5.41) is 7.01. The summed E-state index contributed by atoms with van der Waals surface area (Å²) in [6, 6.07) is 14.1. The molecule has 34 heavy (non-hydrogen) atoms. The topological polar surface area (TPSA) is 115 Å². The van der Waals surface area contributed by atoms with E-state index < -0.39 is 0 Å². The number of piperidine rings is 1. The molecule has 2 aromatic carbocycles. The minimum absolute atomic E-state index is 0.0262. The van der Waals surface area contributed by atoms with E-state index in [9.17, 15) is 4.79 Å². The van der Waals surface area contributed by atoms with Gasteiger partial charge in [0, 0.05) is 43.5 Å². The number of nitrogens with zero attached hydrogens (tertiary/aromatic N) is 3. The van der Waals surface area contributed by atoms with Crippen molar-refractivity contribution in [1.29, 1.82) is 0 Å². The third-order valence-corrected chi connectivity index (χ3v) is 6.63. The largest absolute Gasteiger partial charge is 0.493 e. The Morgan fingerprint density at radius 2 is 1.76 bits per heavy atom. The van der Waals surface area contributed by atoms with Gasteiger partial charge in [-0.25, -0.2) is 14.8 Å². The highest BCUT2D eigenvalue weighted by atomic mass is 16.5. The molecule has 0 unspecified atom stereocenters. The molecule has 0 spiro atoms. The van der Waals surface area contributed by atoms with Crippen molar-refractivity contribution in [3.63, 3.8) is 0 Å². The van der Waals surface area contributed by atoms with Crippen molar-refractivity contribution in [2.24, 2.45) is 0 Å². The van der Waals surface area contributed by atoms with Crippen LogP contribution in [-0.2, 0) is 12.0 Å². The molecule has 0 saturated carbocycles. The molecule has 1 fully saturated rings. The van der Waals surface area contributed by atoms with Crippen LogP contribution in [0.15, 0.2) is 42.5 Å². The second-order valence-electron chi connectivity index (χ2n) is 8.54. The third-order valence-electron chi connectivity index (χ3n) is 6.63. The fourth-order valence-corrected chi connectivity index (χ4v) is 4.68. The lowest BCUT2D eigenvalue weighted by atomic mass is 9.72. The van der Waals surface area contributed by atoms with Crippen molar-refractivity contribution in [2.75, 3.05) is 46.6 Å². The quantitative estimate of drug-likeness (QED) is 0.492. The van der Waals surface area contributed by atoms with Gasteiger partial charge in [0.05, 0.1) is 26.3 Å². The number of methoxy groups -OCH3 is 2. The predicted molar refractivity (Wildman–Crippen MR) is 132 cm³/mol. The van der Waals surface area contributed by atoms with Gasteiger partial charge in [0.2, 0.25) is 0 Å². The molecular weight excluding hydrogens is 432 g/mol. The van der Waals surface area contributed by atoms with Crippen LogP contribution in [-0.4, -0.2) is 61.8 Å². The minimum atomic E-state index is -0.0786. The van der Waals surface area contributed by atoms with Gasteiger partial charge in [-0.15, -0.1) is 0 Å². The average Bonchev–Trinajstić information content (AvgIpc) is 2.88. The van der Waals surface area contributed by atoms with E-state index in [0.29, 0.717) is 48.3 Å². The van der Waals surface area contributed by atoms with Gasteiger partial charge in [-0.1, -0.05) is 30.3 Å². The zero-order valence-electron chi connectivity index (χ0n) is 19.9. The molecule has 4 rings (SSSR count). The Balaban J connectivity index is 1.52. The van der Waals surface area contributed by atoms with E-state index in [2.05, 4.69) is 39.9 Å². The molecule has 1 aromatic heterocycles. The maximum atomic E-state index is 12.1. The number of urea groups is 1. The minimum Gasteiger partial charge on any atom is -0.493 e. The fourth-order valence-electron chi connectivity index (χ4n) is 4.68. The van der Waals surface area contributed by atoms with Gasteiger partial charge in [0.15, 0.2) is 11.5 Å². The van der Waals surface area contributed by atoms with Gasteiger partial charge < -0.3 is 30.7 Å². The van der Waals surface area contributed by atoms with Crippen LogP contribution in [0.1, 0.15) is 24.2 Å². The maximum Gasteiger partial charge on any atom is 0.317 e. The van der Waals surface area contributed by atoms with Gasteiger partial charge in [0.25, 0.3) is 0 Å². The van der Waals surface area contributed by atoms with Gasteiger partial charge in [-0.2, -0.15) is 0 Å². The summed E-state index contributed by atoms with van der Waals surface area (Å²) in [4.78, 5) is 23.2. The molecule has 0 aliphatic carbocycles. The van der Waals surface area contributed by atoms with E-state index in [0.717, 1.165) is 24.8 Å². The van der Waals surface area contributed by atoms with Gasteiger partial charge in [0.1, 0.15) is 11.6 Å². The van der Waals surface area contributed by atoms with E-state index in [1.807, 2.05) is 17.0 Å². The zero-order chi connectivity index (χ0) is 24.1. The number of hydrogen-bond donors (Lipinski definition) is 3. The number of benzene rings is 2. The summed E-state index contributed by atoms with van der Waals surface area (Å²) in [5.41, 5.74) is 8.14. The predicted octanol–water partition coefficient (Wildman–Crippen LogP) is 2.69. The summed E-state index contributed by atoms with van der Waals surface area (Å²) in [6.45, 7) is 2.63. The monoisotopic (exact) mass is 464 g/mol. The van der Waals surface area contributed by atoms with Crippen molar-refractivity contribution < 1.29 is 14.3 Å². The van der Waals surface area contributed by atoms with Crippen LogP contribution < -0.4 is 25.8 Å². The normalized spacial score (nSPS) is 15.2. The lowest BCUT2D eigenvalue weighted by molar-refractivity contribution is 0.157. The van der Waals surface area contributed by atoms with Crippen LogP contribution in [0, 0.1) is 0 Å². The number of nitrogens with two attached hydrogens (primary N) is 1. The number of nitrogens with one attached hydrogen (secondary N) is 2. The summed E-state index contributed by atoms with van der Waals surface area (Å²) < 4.78 is 10.8. The van der Waals surface area contributed by atoms with E-state index in [1.165, 1.54) is 5.56 Å². The highest BCUT2D eigenvalue weighted by Crippen LogP contribution is 2.36.